The molecule has 4 aromatic carbocycles. The van der Waals surface area contributed by atoms with Gasteiger partial charge < -0.3 is 20.4 Å². The Labute approximate surface area is 239 Å². The average Bonchev–Trinajstić information content (AvgIpc) is 2.97. The van der Waals surface area contributed by atoms with Crippen LogP contribution in [0.4, 0.5) is 0 Å². The van der Waals surface area contributed by atoms with Gasteiger partial charge in [-0.2, -0.15) is 0 Å². The van der Waals surface area contributed by atoms with E-state index in [1.54, 1.807) is 48.5 Å². The minimum atomic E-state index is -0.101. The Morgan fingerprint density at radius 2 is 0.750 bits per heavy atom. The molecule has 0 unspecified atom stereocenters. The van der Waals surface area contributed by atoms with E-state index in [1.807, 2.05) is 48.5 Å². The third-order valence-electron chi connectivity index (χ3n) is 8.34. The minimum absolute atomic E-state index is 0.0681. The fraction of sp³-hybridized carbons (Fsp3) is 0.333. The Morgan fingerprint density at radius 3 is 1.02 bits per heavy atom. The van der Waals surface area contributed by atoms with E-state index in [1.165, 1.54) is 35.1 Å². The number of hydrogen-bond acceptors (Lipinski definition) is 4. The summed E-state index contributed by atoms with van der Waals surface area (Å²) in [5.74, 6) is 1.16. The van der Waals surface area contributed by atoms with E-state index in [4.69, 9.17) is 0 Å². The number of benzene rings is 4. The molecule has 4 aromatic rings. The van der Waals surface area contributed by atoms with Crippen molar-refractivity contribution in [1.82, 2.24) is 0 Å². The van der Waals surface area contributed by atoms with E-state index in [-0.39, 0.29) is 22.3 Å². The molecule has 4 rings (SSSR count). The summed E-state index contributed by atoms with van der Waals surface area (Å²) in [5, 5.41) is 37.9. The number of hydrogen-bond donors (Lipinski definition) is 4. The van der Waals surface area contributed by atoms with E-state index < -0.39 is 0 Å². The van der Waals surface area contributed by atoms with Gasteiger partial charge >= 0.3 is 0 Å². The summed E-state index contributed by atoms with van der Waals surface area (Å²) in [6.07, 6.45) is 6.57. The number of unbranched alkanes of at least 4 members (excludes halogenated alkanes) is 2. The van der Waals surface area contributed by atoms with Crippen LogP contribution in [-0.2, 0) is 10.8 Å². The average molecular weight is 541 g/mol. The molecule has 0 aliphatic carbocycles. The number of phenols is 4. The molecule has 0 amide bonds. The molecule has 0 saturated carbocycles. The lowest BCUT2D eigenvalue weighted by molar-refractivity contribution is 0.461. The van der Waals surface area contributed by atoms with Crippen LogP contribution in [-0.4, -0.2) is 20.4 Å². The van der Waals surface area contributed by atoms with E-state index in [9.17, 15) is 20.4 Å². The van der Waals surface area contributed by atoms with Gasteiger partial charge in [-0.25, -0.2) is 0 Å². The first-order valence-corrected chi connectivity index (χ1v) is 14.4. The van der Waals surface area contributed by atoms with Crippen molar-refractivity contribution in [2.45, 2.75) is 77.0 Å². The zero-order valence-corrected chi connectivity index (χ0v) is 24.3. The fourth-order valence-electron chi connectivity index (χ4n) is 5.64. The molecule has 0 spiro atoms. The highest BCUT2D eigenvalue weighted by Gasteiger charge is 2.30. The van der Waals surface area contributed by atoms with E-state index in [0.717, 1.165) is 25.7 Å². The van der Waals surface area contributed by atoms with Gasteiger partial charge in [0.15, 0.2) is 0 Å². The van der Waals surface area contributed by atoms with Crippen molar-refractivity contribution >= 4 is 0 Å². The lowest BCUT2D eigenvalue weighted by Gasteiger charge is -2.33. The molecule has 0 radical (unpaired) electrons. The summed E-state index contributed by atoms with van der Waals surface area (Å²) in [5.41, 5.74) is 4.61. The Morgan fingerprint density at radius 1 is 0.450 bits per heavy atom. The summed E-state index contributed by atoms with van der Waals surface area (Å²) < 4.78 is 0. The maximum Gasteiger partial charge on any atom is 0.115 e. The van der Waals surface area contributed by atoms with Crippen molar-refractivity contribution in [3.63, 3.8) is 0 Å². The summed E-state index contributed by atoms with van der Waals surface area (Å²) in [7, 11) is 0. The number of rotatable bonds is 10. The normalized spacial score (nSPS) is 11.5. The van der Waals surface area contributed by atoms with Crippen molar-refractivity contribution < 1.29 is 20.4 Å². The third-order valence-corrected chi connectivity index (χ3v) is 8.34. The van der Waals surface area contributed by atoms with Gasteiger partial charge in [-0.1, -0.05) is 95.5 Å². The van der Waals surface area contributed by atoms with Crippen LogP contribution < -0.4 is 0 Å². The highest BCUT2D eigenvalue weighted by molar-refractivity contribution is 5.43. The van der Waals surface area contributed by atoms with Crippen LogP contribution in [0, 0.1) is 0 Å². The second-order valence-electron chi connectivity index (χ2n) is 10.8. The summed E-state index contributed by atoms with van der Waals surface area (Å²) in [4.78, 5) is 0. The third kappa shape index (κ3) is 7.18. The van der Waals surface area contributed by atoms with Crippen LogP contribution in [0.5, 0.6) is 23.0 Å². The Kier molecular flexibility index (Phi) is 10.7. The van der Waals surface area contributed by atoms with Crippen molar-refractivity contribution in [2.24, 2.45) is 0 Å². The molecule has 4 nitrogen and oxygen atoms in total. The summed E-state index contributed by atoms with van der Waals surface area (Å²) >= 11 is 0. The Hall–Kier alpha value is -3.92. The molecule has 0 aliphatic heterocycles. The Balaban J connectivity index is 0.000000222. The second kappa shape index (κ2) is 13.9. The van der Waals surface area contributed by atoms with Crippen LogP contribution >= 0.6 is 0 Å². The van der Waals surface area contributed by atoms with Gasteiger partial charge in [-0.05, 0) is 90.0 Å². The van der Waals surface area contributed by atoms with Gasteiger partial charge in [-0.3, -0.25) is 0 Å². The first-order chi connectivity index (χ1) is 19.2. The van der Waals surface area contributed by atoms with Crippen LogP contribution in [0.2, 0.25) is 0 Å². The van der Waals surface area contributed by atoms with Crippen molar-refractivity contribution in [1.29, 1.82) is 0 Å². The van der Waals surface area contributed by atoms with Crippen LogP contribution in [0.1, 0.15) is 88.5 Å². The van der Waals surface area contributed by atoms with E-state index >= 15 is 0 Å². The quantitative estimate of drug-likeness (QED) is 0.151. The van der Waals surface area contributed by atoms with Gasteiger partial charge in [0.05, 0.1) is 0 Å². The monoisotopic (exact) mass is 540 g/mol. The molecule has 40 heavy (non-hydrogen) atoms. The molecule has 4 N–H and O–H groups in total. The molecular formula is C36H44O4. The second-order valence-corrected chi connectivity index (χ2v) is 10.8. The van der Waals surface area contributed by atoms with Crippen LogP contribution in [0.15, 0.2) is 97.1 Å². The maximum atomic E-state index is 9.51. The zero-order chi connectivity index (χ0) is 29.2. The number of phenolic OH excluding ortho intramolecular Hbond substituents is 4. The van der Waals surface area contributed by atoms with Gasteiger partial charge in [0.25, 0.3) is 0 Å². The predicted octanol–water partition coefficient (Wildman–Crippen LogP) is 9.19. The lowest BCUT2D eigenvalue weighted by Crippen LogP contribution is -2.25. The molecule has 0 saturated heterocycles. The van der Waals surface area contributed by atoms with Gasteiger partial charge in [0.2, 0.25) is 0 Å². The van der Waals surface area contributed by atoms with Crippen LogP contribution in [0.3, 0.4) is 0 Å². The number of aromatic hydroxyl groups is 4. The predicted molar refractivity (Wildman–Crippen MR) is 164 cm³/mol. The Bertz CT molecular complexity index is 1190. The molecule has 0 atom stereocenters. The standard InChI is InChI=1S/C19H24O2.C17H20O2/c1-3-4-5-14-19(2,15-6-10-17(20)11-7-15)16-8-12-18(21)13-9-16;1-3-17(4-2,13-5-9-15(18)10-6-13)14-7-11-16(19)12-8-14/h6-13,20-21H,3-5,14H2,1-2H3;5-12,18-19H,3-4H2,1-2H3. The summed E-state index contributed by atoms with van der Waals surface area (Å²) in [6.45, 7) is 8.78. The molecule has 0 heterocycles. The highest BCUT2D eigenvalue weighted by atomic mass is 16.3. The highest BCUT2D eigenvalue weighted by Crippen LogP contribution is 2.40. The largest absolute Gasteiger partial charge is 0.508 e. The lowest BCUT2D eigenvalue weighted by atomic mass is 9.70. The van der Waals surface area contributed by atoms with Crippen molar-refractivity contribution in [2.75, 3.05) is 0 Å². The SMILES string of the molecule is CCC(CC)(c1ccc(O)cc1)c1ccc(O)cc1.CCCCCC(C)(c1ccc(O)cc1)c1ccc(O)cc1. The molecule has 4 heteroatoms. The van der Waals surface area contributed by atoms with Crippen molar-refractivity contribution in [3.05, 3.63) is 119 Å². The zero-order valence-electron chi connectivity index (χ0n) is 24.3. The first kappa shape index (κ1) is 30.6. The van der Waals surface area contributed by atoms with Crippen molar-refractivity contribution in [3.8, 4) is 23.0 Å². The maximum absolute atomic E-state index is 9.51. The molecule has 0 aromatic heterocycles. The topological polar surface area (TPSA) is 80.9 Å². The van der Waals surface area contributed by atoms with Gasteiger partial charge in [-0.15, -0.1) is 0 Å². The molecule has 0 fully saturated rings. The van der Waals surface area contributed by atoms with Gasteiger partial charge in [0.1, 0.15) is 23.0 Å². The first-order valence-electron chi connectivity index (χ1n) is 14.4. The molecular weight excluding hydrogens is 496 g/mol. The van der Waals surface area contributed by atoms with Gasteiger partial charge in [0, 0.05) is 10.8 Å². The molecule has 0 bridgehead atoms. The molecule has 212 valence electrons. The van der Waals surface area contributed by atoms with E-state index in [2.05, 4.69) is 27.7 Å². The van der Waals surface area contributed by atoms with Crippen LogP contribution in [0.25, 0.3) is 0 Å². The summed E-state index contributed by atoms with van der Waals surface area (Å²) in [6, 6.07) is 29.8. The fourth-order valence-corrected chi connectivity index (χ4v) is 5.64. The minimum Gasteiger partial charge on any atom is -0.508 e. The van der Waals surface area contributed by atoms with E-state index in [0.29, 0.717) is 11.5 Å². The smallest absolute Gasteiger partial charge is 0.115 e. The molecule has 0 aliphatic rings.